The smallest absolute Gasteiger partial charge is 0.416 e. The molecule has 0 amide bonds. The molecule has 0 aliphatic rings. The Kier molecular flexibility index (Phi) is 7.12. The minimum atomic E-state index is -4.63. The predicted molar refractivity (Wildman–Crippen MR) is 133 cm³/mol. The third kappa shape index (κ3) is 5.44. The summed E-state index contributed by atoms with van der Waals surface area (Å²) in [6, 6.07) is 19.3. The number of nitrogens with zero attached hydrogens (tertiary/aromatic N) is 2. The second kappa shape index (κ2) is 10.2. The van der Waals surface area contributed by atoms with E-state index in [1.807, 2.05) is 12.1 Å². The number of hydrogen-bond donors (Lipinski definition) is 0. The Morgan fingerprint density at radius 3 is 1.31 bits per heavy atom. The number of hydrogen-bond acceptors (Lipinski definition) is 3. The van der Waals surface area contributed by atoms with Crippen molar-refractivity contribution >= 4 is 0 Å². The molecule has 4 rings (SSSR count). The van der Waals surface area contributed by atoms with Crippen LogP contribution in [0.4, 0.5) is 26.3 Å². The van der Waals surface area contributed by atoms with Gasteiger partial charge in [-0.3, -0.25) is 0 Å². The highest BCUT2D eigenvalue weighted by molar-refractivity contribution is 5.82. The Morgan fingerprint density at radius 1 is 0.590 bits per heavy atom. The molecule has 0 aromatic heterocycles. The first-order valence-corrected chi connectivity index (χ1v) is 11.5. The summed E-state index contributed by atoms with van der Waals surface area (Å²) in [7, 11) is 0. The maximum absolute atomic E-state index is 13.3. The number of rotatable bonds is 4. The number of aryl methyl sites for hydroxylation is 2. The highest BCUT2D eigenvalue weighted by Gasteiger charge is 2.32. The van der Waals surface area contributed by atoms with Gasteiger partial charge in [-0.1, -0.05) is 36.4 Å². The Morgan fingerprint density at radius 2 is 0.974 bits per heavy atom. The molecule has 0 aliphatic heterocycles. The van der Waals surface area contributed by atoms with Crippen molar-refractivity contribution in [2.45, 2.75) is 26.2 Å². The maximum Gasteiger partial charge on any atom is 0.416 e. The molecule has 39 heavy (non-hydrogen) atoms. The van der Waals surface area contributed by atoms with E-state index >= 15 is 0 Å². The Hall–Kier alpha value is -4.76. The number of halogens is 6. The zero-order valence-electron chi connectivity index (χ0n) is 20.5. The quantitative estimate of drug-likeness (QED) is 0.244. The zero-order chi connectivity index (χ0) is 28.5. The summed E-state index contributed by atoms with van der Waals surface area (Å²) in [4.78, 5) is 0. The van der Waals surface area contributed by atoms with Gasteiger partial charge in [-0.05, 0) is 61.4 Å². The van der Waals surface area contributed by atoms with Gasteiger partial charge in [0, 0.05) is 22.3 Å². The summed E-state index contributed by atoms with van der Waals surface area (Å²) in [6.07, 6.45) is -9.27. The first kappa shape index (κ1) is 27.3. The van der Waals surface area contributed by atoms with E-state index in [9.17, 15) is 36.9 Å². The van der Waals surface area contributed by atoms with Crippen molar-refractivity contribution < 1.29 is 31.1 Å². The SMILES string of the molecule is Cc1cccc(Oc2cccc(C)c2-c2ccc(C(F)(F)F)cc2C#N)c1-c1ccc(C(F)(F)F)cc1C#N. The topological polar surface area (TPSA) is 56.8 Å². The molecule has 0 bridgehead atoms. The van der Waals surface area contributed by atoms with E-state index in [0.717, 1.165) is 24.3 Å². The summed E-state index contributed by atoms with van der Waals surface area (Å²) in [5.74, 6) is 0.423. The summed E-state index contributed by atoms with van der Waals surface area (Å²) in [6.45, 7) is 3.42. The van der Waals surface area contributed by atoms with E-state index in [2.05, 4.69) is 0 Å². The van der Waals surface area contributed by atoms with Gasteiger partial charge in [-0.15, -0.1) is 0 Å². The average Bonchev–Trinajstić information content (AvgIpc) is 2.87. The van der Waals surface area contributed by atoms with Crippen molar-refractivity contribution in [2.75, 3.05) is 0 Å². The molecule has 0 heterocycles. The summed E-state index contributed by atoms with van der Waals surface area (Å²) >= 11 is 0. The second-order valence-electron chi connectivity index (χ2n) is 8.74. The molecule has 0 spiro atoms. The maximum atomic E-state index is 13.3. The minimum Gasteiger partial charge on any atom is -0.456 e. The van der Waals surface area contributed by atoms with Crippen LogP contribution in [0, 0.1) is 36.5 Å². The van der Waals surface area contributed by atoms with Crippen LogP contribution in [-0.2, 0) is 12.4 Å². The summed E-state index contributed by atoms with van der Waals surface area (Å²) < 4.78 is 85.8. The monoisotopic (exact) mass is 536 g/mol. The van der Waals surface area contributed by atoms with Gasteiger partial charge in [-0.2, -0.15) is 36.9 Å². The van der Waals surface area contributed by atoms with E-state index in [1.165, 1.54) is 12.1 Å². The van der Waals surface area contributed by atoms with Gasteiger partial charge in [-0.25, -0.2) is 0 Å². The van der Waals surface area contributed by atoms with Crippen LogP contribution in [0.5, 0.6) is 11.5 Å². The Labute approximate surface area is 220 Å². The number of ether oxygens (including phenoxy) is 1. The van der Waals surface area contributed by atoms with Gasteiger partial charge in [0.15, 0.2) is 0 Å². The molecule has 0 radical (unpaired) electrons. The van der Waals surface area contributed by atoms with Crippen LogP contribution in [0.3, 0.4) is 0 Å². The largest absolute Gasteiger partial charge is 0.456 e. The van der Waals surface area contributed by atoms with Crippen LogP contribution in [0.2, 0.25) is 0 Å². The van der Waals surface area contributed by atoms with Crippen molar-refractivity contribution in [1.82, 2.24) is 0 Å². The molecule has 0 fully saturated rings. The third-order valence-electron chi connectivity index (χ3n) is 6.16. The van der Waals surface area contributed by atoms with Gasteiger partial charge in [0.05, 0.1) is 34.4 Å². The van der Waals surface area contributed by atoms with Gasteiger partial charge in [0.2, 0.25) is 0 Å². The van der Waals surface area contributed by atoms with Crippen LogP contribution in [0.15, 0.2) is 72.8 Å². The van der Waals surface area contributed by atoms with Crippen LogP contribution < -0.4 is 4.74 Å². The normalized spacial score (nSPS) is 11.5. The fraction of sp³-hybridized carbons (Fsp3) is 0.133. The number of alkyl halides is 6. The highest BCUT2D eigenvalue weighted by atomic mass is 19.4. The van der Waals surface area contributed by atoms with E-state index in [-0.39, 0.29) is 33.8 Å². The molecular formula is C30H18F6N2O. The molecule has 0 saturated carbocycles. The van der Waals surface area contributed by atoms with Crippen molar-refractivity contribution in [2.24, 2.45) is 0 Å². The number of benzene rings is 4. The molecule has 196 valence electrons. The van der Waals surface area contributed by atoms with Gasteiger partial charge in [0.25, 0.3) is 0 Å². The first-order chi connectivity index (χ1) is 18.3. The van der Waals surface area contributed by atoms with E-state index in [1.54, 1.807) is 50.2 Å². The van der Waals surface area contributed by atoms with Gasteiger partial charge in [0.1, 0.15) is 11.5 Å². The van der Waals surface area contributed by atoms with Crippen molar-refractivity contribution in [1.29, 1.82) is 10.5 Å². The van der Waals surface area contributed by atoms with E-state index in [0.29, 0.717) is 22.3 Å². The average molecular weight is 536 g/mol. The lowest BCUT2D eigenvalue weighted by Gasteiger charge is -2.19. The Balaban J connectivity index is 1.88. The van der Waals surface area contributed by atoms with Crippen LogP contribution in [0.25, 0.3) is 22.3 Å². The molecule has 9 heteroatoms. The number of nitriles is 2. The summed E-state index contributed by atoms with van der Waals surface area (Å²) in [5, 5.41) is 19.3. The van der Waals surface area contributed by atoms with Gasteiger partial charge >= 0.3 is 12.4 Å². The van der Waals surface area contributed by atoms with Crippen molar-refractivity contribution in [3.8, 4) is 45.9 Å². The molecular weight excluding hydrogens is 518 g/mol. The first-order valence-electron chi connectivity index (χ1n) is 11.5. The Bertz CT molecular complexity index is 1530. The fourth-order valence-corrected chi connectivity index (χ4v) is 4.32. The molecule has 4 aromatic rings. The van der Waals surface area contributed by atoms with Crippen molar-refractivity contribution in [3.63, 3.8) is 0 Å². The second-order valence-corrected chi connectivity index (χ2v) is 8.74. The zero-order valence-corrected chi connectivity index (χ0v) is 20.5. The van der Waals surface area contributed by atoms with Crippen LogP contribution in [0.1, 0.15) is 33.4 Å². The van der Waals surface area contributed by atoms with Crippen LogP contribution >= 0.6 is 0 Å². The lowest BCUT2D eigenvalue weighted by molar-refractivity contribution is -0.138. The predicted octanol–water partition coefficient (Wildman–Crippen LogP) is 9.21. The third-order valence-corrected chi connectivity index (χ3v) is 6.16. The lowest BCUT2D eigenvalue weighted by Crippen LogP contribution is -2.06. The molecule has 0 atom stereocenters. The molecule has 0 unspecified atom stereocenters. The molecule has 0 N–H and O–H groups in total. The standard InChI is InChI=1S/C30H18F6N2O/c1-17-5-3-7-25(27(17)23-11-9-21(29(31,32)33)13-19(23)15-37)39-26-8-4-6-18(2)28(26)24-12-10-22(30(34,35)36)14-20(24)16-38/h3-14H,1-2H3. The van der Waals surface area contributed by atoms with Crippen molar-refractivity contribution in [3.05, 3.63) is 106 Å². The van der Waals surface area contributed by atoms with Crippen LogP contribution in [-0.4, -0.2) is 0 Å². The van der Waals surface area contributed by atoms with E-state index < -0.39 is 23.5 Å². The molecule has 4 aromatic carbocycles. The minimum absolute atomic E-state index is 0.206. The lowest BCUT2D eigenvalue weighted by atomic mass is 9.93. The van der Waals surface area contributed by atoms with Gasteiger partial charge < -0.3 is 4.74 Å². The highest BCUT2D eigenvalue weighted by Crippen LogP contribution is 2.44. The molecule has 3 nitrogen and oxygen atoms in total. The van der Waals surface area contributed by atoms with E-state index in [4.69, 9.17) is 4.74 Å². The molecule has 0 aliphatic carbocycles. The summed E-state index contributed by atoms with van der Waals surface area (Å²) in [5.41, 5.74) is 0.0880. The molecule has 0 saturated heterocycles. The fourth-order valence-electron chi connectivity index (χ4n) is 4.32.